The Morgan fingerprint density at radius 3 is 2.58 bits per heavy atom. The van der Waals surface area contributed by atoms with Crippen LogP contribution in [-0.4, -0.2) is 19.7 Å². The fraction of sp³-hybridized carbons (Fsp3) is 0.0909. The van der Waals surface area contributed by atoms with Crippen molar-refractivity contribution in [2.45, 2.75) is 12.7 Å². The number of alkyl halides is 3. The Labute approximate surface area is 195 Å². The van der Waals surface area contributed by atoms with Gasteiger partial charge < -0.3 is 4.57 Å². The van der Waals surface area contributed by atoms with Crippen LogP contribution in [0.1, 0.15) is 16.8 Å². The summed E-state index contributed by atoms with van der Waals surface area (Å²) in [5, 5.41) is 11.3. The number of benzene rings is 2. The van der Waals surface area contributed by atoms with Gasteiger partial charge in [-0.3, -0.25) is 19.8 Å². The first-order valence-corrected chi connectivity index (χ1v) is 10.7. The number of amides is 1. The molecular weight excluding hydrogens is 475 g/mol. The van der Waals surface area contributed by atoms with Crippen molar-refractivity contribution < 1.29 is 22.9 Å². The van der Waals surface area contributed by atoms with Gasteiger partial charge in [0.05, 0.1) is 27.6 Å². The number of rotatable bonds is 5. The van der Waals surface area contributed by atoms with Crippen molar-refractivity contribution in [2.24, 2.45) is 0 Å². The summed E-state index contributed by atoms with van der Waals surface area (Å²) in [4.78, 5) is 25.1. The summed E-state index contributed by atoms with van der Waals surface area (Å²) in [5.41, 5.74) is 0.220. The van der Waals surface area contributed by atoms with Crippen LogP contribution in [0.3, 0.4) is 0 Å². The highest BCUT2D eigenvalue weighted by molar-refractivity contribution is 8.27. The number of nitro groups is 1. The molecule has 0 saturated carbocycles. The monoisotopic (exact) mass is 489 g/mol. The Hall–Kier alpha value is -3.44. The van der Waals surface area contributed by atoms with Crippen LogP contribution < -0.4 is 4.90 Å². The molecule has 168 valence electrons. The maximum atomic E-state index is 13.1. The zero-order valence-corrected chi connectivity index (χ0v) is 18.3. The molecule has 11 heteroatoms. The van der Waals surface area contributed by atoms with Crippen molar-refractivity contribution in [3.05, 3.63) is 98.7 Å². The van der Waals surface area contributed by atoms with Crippen LogP contribution in [-0.2, 0) is 17.5 Å². The zero-order valence-electron chi connectivity index (χ0n) is 16.7. The van der Waals surface area contributed by atoms with Gasteiger partial charge in [-0.1, -0.05) is 48.2 Å². The summed E-state index contributed by atoms with van der Waals surface area (Å²) < 4.78 is 41.1. The Bertz CT molecular complexity index is 1300. The maximum absolute atomic E-state index is 13.1. The van der Waals surface area contributed by atoms with E-state index < -0.39 is 22.6 Å². The van der Waals surface area contributed by atoms with Crippen molar-refractivity contribution in [2.75, 3.05) is 4.90 Å². The molecule has 2 heterocycles. The Morgan fingerprint density at radius 2 is 1.85 bits per heavy atom. The third kappa shape index (κ3) is 4.69. The fourth-order valence-corrected chi connectivity index (χ4v) is 4.64. The highest BCUT2D eigenvalue weighted by Crippen LogP contribution is 2.38. The lowest BCUT2D eigenvalue weighted by Gasteiger charge is -2.16. The van der Waals surface area contributed by atoms with Crippen LogP contribution in [0.15, 0.2) is 71.8 Å². The average molecular weight is 490 g/mol. The fourth-order valence-electron chi connectivity index (χ4n) is 3.35. The van der Waals surface area contributed by atoms with Crippen LogP contribution >= 0.6 is 24.0 Å². The summed E-state index contributed by atoms with van der Waals surface area (Å²) in [6, 6.07) is 14.2. The van der Waals surface area contributed by atoms with Crippen molar-refractivity contribution in [3.8, 4) is 0 Å². The molecule has 2 aromatic carbocycles. The number of halogens is 3. The van der Waals surface area contributed by atoms with Gasteiger partial charge in [-0.15, -0.1) is 0 Å². The van der Waals surface area contributed by atoms with E-state index >= 15 is 0 Å². The molecule has 1 aliphatic rings. The maximum Gasteiger partial charge on any atom is 0.416 e. The Morgan fingerprint density at radius 1 is 1.09 bits per heavy atom. The molecule has 0 radical (unpaired) electrons. The number of aromatic nitrogens is 1. The number of carbonyl (C=O) groups excluding carboxylic acids is 1. The molecule has 1 amide bonds. The number of para-hydroxylation sites is 1. The van der Waals surface area contributed by atoms with E-state index in [1.807, 2.05) is 0 Å². The van der Waals surface area contributed by atoms with E-state index in [9.17, 15) is 28.1 Å². The predicted octanol–water partition coefficient (Wildman–Crippen LogP) is 5.87. The highest BCUT2D eigenvalue weighted by atomic mass is 32.2. The van der Waals surface area contributed by atoms with E-state index in [4.69, 9.17) is 12.2 Å². The molecule has 0 atom stereocenters. The normalized spacial score (nSPS) is 15.5. The molecule has 33 heavy (non-hydrogen) atoms. The molecule has 4 rings (SSSR count). The standard InChI is InChI=1S/C22H14F3N3O3S2/c23-22(24,25)15-6-3-7-17(11-15)27-20(29)19(33-21(27)32)12-16-8-4-10-26(16)13-14-5-1-2-9-18(14)28(30)31/h1-12H,13H2/b19-12-. The van der Waals surface area contributed by atoms with Crippen LogP contribution in [0.5, 0.6) is 0 Å². The minimum Gasteiger partial charge on any atom is -0.343 e. The molecule has 1 aliphatic heterocycles. The lowest BCUT2D eigenvalue weighted by molar-refractivity contribution is -0.385. The zero-order chi connectivity index (χ0) is 23.8. The van der Waals surface area contributed by atoms with Gasteiger partial charge in [0.15, 0.2) is 4.32 Å². The molecule has 1 saturated heterocycles. The molecule has 1 aromatic heterocycles. The van der Waals surface area contributed by atoms with Crippen LogP contribution in [0.2, 0.25) is 0 Å². The summed E-state index contributed by atoms with van der Waals surface area (Å²) in [5.74, 6) is -0.539. The van der Waals surface area contributed by atoms with Gasteiger partial charge >= 0.3 is 6.18 Å². The second kappa shape index (κ2) is 8.83. The van der Waals surface area contributed by atoms with Crippen molar-refractivity contribution in [3.63, 3.8) is 0 Å². The molecule has 1 fully saturated rings. The van der Waals surface area contributed by atoms with E-state index in [-0.39, 0.29) is 27.1 Å². The van der Waals surface area contributed by atoms with Crippen LogP contribution in [0, 0.1) is 10.1 Å². The Balaban J connectivity index is 1.63. The van der Waals surface area contributed by atoms with Crippen LogP contribution in [0.4, 0.5) is 24.5 Å². The van der Waals surface area contributed by atoms with Crippen molar-refractivity contribution in [1.29, 1.82) is 0 Å². The van der Waals surface area contributed by atoms with Crippen LogP contribution in [0.25, 0.3) is 6.08 Å². The number of hydrogen-bond acceptors (Lipinski definition) is 5. The largest absolute Gasteiger partial charge is 0.416 e. The molecular formula is C22H14F3N3O3S2. The summed E-state index contributed by atoms with van der Waals surface area (Å²) in [6.07, 6.45) is -1.26. The van der Waals surface area contributed by atoms with Gasteiger partial charge in [0.25, 0.3) is 11.6 Å². The molecule has 0 unspecified atom stereocenters. The minimum absolute atomic E-state index is 0.0204. The Kier molecular flexibility index (Phi) is 6.09. The highest BCUT2D eigenvalue weighted by Gasteiger charge is 2.36. The number of thiocarbonyl (C=S) groups is 1. The summed E-state index contributed by atoms with van der Waals surface area (Å²) >= 11 is 6.23. The van der Waals surface area contributed by atoms with Gasteiger partial charge in [-0.2, -0.15) is 13.2 Å². The number of thioether (sulfide) groups is 1. The molecule has 3 aromatic rings. The molecule has 0 aliphatic carbocycles. The second-order valence-electron chi connectivity index (χ2n) is 7.01. The van der Waals surface area contributed by atoms with Gasteiger partial charge in [0.2, 0.25) is 0 Å². The molecule has 0 bridgehead atoms. The second-order valence-corrected chi connectivity index (χ2v) is 8.69. The van der Waals surface area contributed by atoms with E-state index in [1.54, 1.807) is 47.2 Å². The number of nitrogens with zero attached hydrogens (tertiary/aromatic N) is 3. The van der Waals surface area contributed by atoms with E-state index in [0.717, 1.165) is 28.8 Å². The minimum atomic E-state index is -4.55. The van der Waals surface area contributed by atoms with Gasteiger partial charge in [-0.05, 0) is 36.4 Å². The van der Waals surface area contributed by atoms with Gasteiger partial charge in [0.1, 0.15) is 0 Å². The van der Waals surface area contributed by atoms with Gasteiger partial charge in [0, 0.05) is 23.5 Å². The van der Waals surface area contributed by atoms with Crippen molar-refractivity contribution in [1.82, 2.24) is 4.57 Å². The number of anilines is 1. The first-order chi connectivity index (χ1) is 15.6. The van der Waals surface area contributed by atoms with E-state index in [0.29, 0.717) is 11.3 Å². The molecule has 6 nitrogen and oxygen atoms in total. The number of carbonyl (C=O) groups is 1. The number of nitro benzene ring substituents is 1. The quantitative estimate of drug-likeness (QED) is 0.194. The number of hydrogen-bond donors (Lipinski definition) is 0. The summed E-state index contributed by atoms with van der Waals surface area (Å²) in [7, 11) is 0. The third-order valence-electron chi connectivity index (χ3n) is 4.90. The predicted molar refractivity (Wildman–Crippen MR) is 124 cm³/mol. The first kappa shape index (κ1) is 22.7. The van der Waals surface area contributed by atoms with E-state index in [2.05, 4.69) is 0 Å². The lowest BCUT2D eigenvalue weighted by Crippen LogP contribution is -2.27. The molecule has 0 spiro atoms. The SMILES string of the molecule is O=C1/C(=C/c2cccn2Cc2ccccc2[N+](=O)[O-])SC(=S)N1c1cccc(C(F)(F)F)c1. The van der Waals surface area contributed by atoms with Gasteiger partial charge in [-0.25, -0.2) is 0 Å². The topological polar surface area (TPSA) is 68.4 Å². The average Bonchev–Trinajstić information content (AvgIpc) is 3.31. The molecule has 0 N–H and O–H groups in total. The third-order valence-corrected chi connectivity index (χ3v) is 6.20. The van der Waals surface area contributed by atoms with E-state index in [1.165, 1.54) is 18.2 Å². The first-order valence-electron chi connectivity index (χ1n) is 9.48. The van der Waals surface area contributed by atoms with Crippen molar-refractivity contribution >= 4 is 51.7 Å². The smallest absolute Gasteiger partial charge is 0.343 e. The summed E-state index contributed by atoms with van der Waals surface area (Å²) in [6.45, 7) is 0.198. The lowest BCUT2D eigenvalue weighted by atomic mass is 10.1.